The molecular weight excluding hydrogens is 402 g/mol. The molecule has 2 aromatic carbocycles. The fraction of sp³-hybridized carbons (Fsp3) is 0.240. The summed E-state index contributed by atoms with van der Waals surface area (Å²) in [6, 6.07) is 20.0. The second kappa shape index (κ2) is 8.70. The molecule has 3 aromatic heterocycles. The first kappa shape index (κ1) is 20.1. The molecule has 0 N–H and O–H groups in total. The predicted molar refractivity (Wildman–Crippen MR) is 124 cm³/mol. The van der Waals surface area contributed by atoms with Crippen molar-refractivity contribution in [3.05, 3.63) is 89.1 Å². The number of nitrogens with zero attached hydrogens (tertiary/aromatic N) is 5. The van der Waals surface area contributed by atoms with Gasteiger partial charge in [0.05, 0.1) is 18.8 Å². The second-order valence-electron chi connectivity index (χ2n) is 7.82. The Morgan fingerprint density at radius 2 is 1.78 bits per heavy atom. The van der Waals surface area contributed by atoms with E-state index in [0.29, 0.717) is 12.2 Å². The minimum absolute atomic E-state index is 0.144. The van der Waals surface area contributed by atoms with E-state index in [2.05, 4.69) is 29.3 Å². The van der Waals surface area contributed by atoms with E-state index in [1.807, 2.05) is 48.5 Å². The van der Waals surface area contributed by atoms with Crippen LogP contribution in [0.15, 0.2) is 77.9 Å². The van der Waals surface area contributed by atoms with Crippen LogP contribution in [0.1, 0.15) is 25.3 Å². The van der Waals surface area contributed by atoms with Crippen LogP contribution in [0, 0.1) is 0 Å². The van der Waals surface area contributed by atoms with Crippen LogP contribution in [0.3, 0.4) is 0 Å². The average molecular weight is 428 g/mol. The Morgan fingerprint density at radius 1 is 0.969 bits per heavy atom. The molecule has 0 bridgehead atoms. The molecule has 7 nitrogen and oxygen atoms in total. The SMILES string of the molecule is CCCCOc1ccc(-c2cc3c4nn(CCc5ccccc5)c(=O)n4ccn3n2)cc1. The number of benzene rings is 2. The Hall–Kier alpha value is -3.87. The van der Waals surface area contributed by atoms with E-state index in [0.717, 1.165) is 48.4 Å². The largest absolute Gasteiger partial charge is 0.494 e. The summed E-state index contributed by atoms with van der Waals surface area (Å²) in [6.45, 7) is 3.40. The number of aromatic nitrogens is 5. The van der Waals surface area contributed by atoms with E-state index in [1.165, 1.54) is 10.2 Å². The summed E-state index contributed by atoms with van der Waals surface area (Å²) in [5, 5.41) is 9.29. The van der Waals surface area contributed by atoms with Crippen LogP contribution >= 0.6 is 0 Å². The molecule has 32 heavy (non-hydrogen) atoms. The highest BCUT2D eigenvalue weighted by Crippen LogP contribution is 2.24. The van der Waals surface area contributed by atoms with Crippen molar-refractivity contribution in [1.82, 2.24) is 23.8 Å². The molecule has 5 rings (SSSR count). The summed E-state index contributed by atoms with van der Waals surface area (Å²) in [4.78, 5) is 12.8. The van der Waals surface area contributed by atoms with Crippen LogP contribution in [0.25, 0.3) is 22.4 Å². The van der Waals surface area contributed by atoms with Gasteiger partial charge in [0.25, 0.3) is 0 Å². The number of hydrogen-bond acceptors (Lipinski definition) is 4. The fourth-order valence-corrected chi connectivity index (χ4v) is 3.76. The lowest BCUT2D eigenvalue weighted by Crippen LogP contribution is -2.22. The Kier molecular flexibility index (Phi) is 5.46. The lowest BCUT2D eigenvalue weighted by atomic mass is 10.1. The van der Waals surface area contributed by atoms with Crippen molar-refractivity contribution in [2.24, 2.45) is 0 Å². The number of rotatable bonds is 8. The highest BCUT2D eigenvalue weighted by Gasteiger charge is 2.13. The number of ether oxygens (including phenoxy) is 1. The zero-order valence-corrected chi connectivity index (χ0v) is 18.0. The van der Waals surface area contributed by atoms with Gasteiger partial charge in [-0.05, 0) is 48.7 Å². The first-order valence-electron chi connectivity index (χ1n) is 11.0. The molecule has 0 aliphatic carbocycles. The van der Waals surface area contributed by atoms with Gasteiger partial charge in [0.2, 0.25) is 0 Å². The standard InChI is InChI=1S/C25H25N5O2/c1-2-3-17-32-21-11-9-20(10-12-21)22-18-23-24-27-30(14-13-19-7-5-4-6-8-19)25(31)28(24)15-16-29(23)26-22/h4-12,15-16,18H,2-3,13-14,17H2,1H3. The molecule has 0 saturated carbocycles. The van der Waals surface area contributed by atoms with E-state index >= 15 is 0 Å². The monoisotopic (exact) mass is 427 g/mol. The van der Waals surface area contributed by atoms with Gasteiger partial charge in [0, 0.05) is 18.0 Å². The van der Waals surface area contributed by atoms with Crippen molar-refractivity contribution in [3.8, 4) is 17.0 Å². The van der Waals surface area contributed by atoms with E-state index in [4.69, 9.17) is 4.74 Å². The summed E-state index contributed by atoms with van der Waals surface area (Å²) in [5.74, 6) is 0.858. The summed E-state index contributed by atoms with van der Waals surface area (Å²) in [6.07, 6.45) is 6.41. The molecule has 0 unspecified atom stereocenters. The maximum atomic E-state index is 12.8. The zero-order chi connectivity index (χ0) is 21.9. The maximum Gasteiger partial charge on any atom is 0.350 e. The molecule has 0 fully saturated rings. The van der Waals surface area contributed by atoms with E-state index < -0.39 is 0 Å². The Balaban J connectivity index is 1.43. The minimum Gasteiger partial charge on any atom is -0.494 e. The second-order valence-corrected chi connectivity index (χ2v) is 7.82. The smallest absolute Gasteiger partial charge is 0.350 e. The molecule has 7 heteroatoms. The summed E-state index contributed by atoms with van der Waals surface area (Å²) < 4.78 is 10.6. The summed E-state index contributed by atoms with van der Waals surface area (Å²) >= 11 is 0. The number of unbranched alkanes of at least 4 members (excludes halogenated alkanes) is 1. The highest BCUT2D eigenvalue weighted by atomic mass is 16.5. The van der Waals surface area contributed by atoms with Gasteiger partial charge in [0.1, 0.15) is 11.3 Å². The van der Waals surface area contributed by atoms with Crippen molar-refractivity contribution in [2.45, 2.75) is 32.7 Å². The van der Waals surface area contributed by atoms with Crippen molar-refractivity contribution in [3.63, 3.8) is 0 Å². The Morgan fingerprint density at radius 3 is 2.56 bits per heavy atom. The van der Waals surface area contributed by atoms with Crippen LogP contribution in [0.5, 0.6) is 5.75 Å². The normalized spacial score (nSPS) is 11.4. The van der Waals surface area contributed by atoms with Gasteiger partial charge in [-0.3, -0.25) is 0 Å². The van der Waals surface area contributed by atoms with Gasteiger partial charge >= 0.3 is 5.69 Å². The van der Waals surface area contributed by atoms with Crippen LogP contribution in [0.4, 0.5) is 0 Å². The third-order valence-electron chi connectivity index (χ3n) is 5.56. The molecule has 0 aliphatic rings. The van der Waals surface area contributed by atoms with E-state index in [-0.39, 0.29) is 5.69 Å². The van der Waals surface area contributed by atoms with E-state index in [9.17, 15) is 4.79 Å². The van der Waals surface area contributed by atoms with Gasteiger partial charge in [0.15, 0.2) is 5.65 Å². The van der Waals surface area contributed by atoms with Crippen molar-refractivity contribution >= 4 is 11.2 Å². The Bertz CT molecular complexity index is 1400. The third kappa shape index (κ3) is 3.89. The number of fused-ring (bicyclic) bond motifs is 3. The lowest BCUT2D eigenvalue weighted by molar-refractivity contribution is 0.309. The molecule has 0 saturated heterocycles. The molecule has 0 atom stereocenters. The van der Waals surface area contributed by atoms with Crippen LogP contribution in [-0.4, -0.2) is 30.4 Å². The van der Waals surface area contributed by atoms with E-state index in [1.54, 1.807) is 21.3 Å². The average Bonchev–Trinajstić information content (AvgIpc) is 3.40. The molecule has 0 radical (unpaired) electrons. The number of aryl methyl sites for hydroxylation is 2. The van der Waals surface area contributed by atoms with Crippen LogP contribution in [-0.2, 0) is 13.0 Å². The fourth-order valence-electron chi connectivity index (χ4n) is 3.76. The number of hydrogen-bond donors (Lipinski definition) is 0. The molecule has 0 spiro atoms. The third-order valence-corrected chi connectivity index (χ3v) is 5.56. The van der Waals surface area contributed by atoms with Gasteiger partial charge in [-0.15, -0.1) is 5.10 Å². The molecule has 5 aromatic rings. The van der Waals surface area contributed by atoms with Gasteiger partial charge < -0.3 is 4.74 Å². The Labute approximate surface area is 185 Å². The first-order chi connectivity index (χ1) is 15.7. The topological polar surface area (TPSA) is 65.8 Å². The molecule has 162 valence electrons. The highest BCUT2D eigenvalue weighted by molar-refractivity contribution is 5.76. The molecule has 3 heterocycles. The van der Waals surface area contributed by atoms with Crippen molar-refractivity contribution < 1.29 is 4.74 Å². The summed E-state index contributed by atoms with van der Waals surface area (Å²) in [7, 11) is 0. The quantitative estimate of drug-likeness (QED) is 0.348. The van der Waals surface area contributed by atoms with Crippen molar-refractivity contribution in [2.75, 3.05) is 6.61 Å². The van der Waals surface area contributed by atoms with Gasteiger partial charge in [-0.25, -0.2) is 18.4 Å². The van der Waals surface area contributed by atoms with Gasteiger partial charge in [-0.1, -0.05) is 43.7 Å². The van der Waals surface area contributed by atoms with Crippen LogP contribution in [0.2, 0.25) is 0 Å². The minimum atomic E-state index is -0.144. The van der Waals surface area contributed by atoms with Crippen molar-refractivity contribution in [1.29, 1.82) is 0 Å². The predicted octanol–water partition coefficient (Wildman–Crippen LogP) is 4.23. The van der Waals surface area contributed by atoms with Gasteiger partial charge in [-0.2, -0.15) is 5.10 Å². The molecule has 0 amide bonds. The zero-order valence-electron chi connectivity index (χ0n) is 18.0. The molecular formula is C25H25N5O2. The summed E-state index contributed by atoms with van der Waals surface area (Å²) in [5.41, 5.74) is 4.24. The van der Waals surface area contributed by atoms with Crippen LogP contribution < -0.4 is 10.4 Å². The molecule has 0 aliphatic heterocycles. The first-order valence-corrected chi connectivity index (χ1v) is 11.0. The lowest BCUT2D eigenvalue weighted by Gasteiger charge is -2.05. The maximum absolute atomic E-state index is 12.8.